The van der Waals surface area contributed by atoms with Crippen molar-refractivity contribution in [3.05, 3.63) is 35.4 Å². The van der Waals surface area contributed by atoms with Gasteiger partial charge in [-0.3, -0.25) is 9.69 Å². The van der Waals surface area contributed by atoms with Gasteiger partial charge < -0.3 is 4.90 Å². The number of hydrogen-bond acceptors (Lipinski definition) is 2. The fraction of sp³-hybridized carbons (Fsp3) is 0.562. The zero-order valence-corrected chi connectivity index (χ0v) is 11.6. The van der Waals surface area contributed by atoms with Crippen LogP contribution in [0.2, 0.25) is 0 Å². The van der Waals surface area contributed by atoms with Crippen LogP contribution in [0.4, 0.5) is 0 Å². The first kappa shape index (κ1) is 12.7. The number of hydrogen-bond donors (Lipinski definition) is 0. The maximum Gasteiger partial charge on any atom is 0.223 e. The van der Waals surface area contributed by atoms with Crippen LogP contribution in [0.25, 0.3) is 0 Å². The van der Waals surface area contributed by atoms with E-state index in [1.807, 2.05) is 4.90 Å². The SMILES string of the molecule is CCN1CCN(C2Cc3ccccc3C2)CCC1=O. The van der Waals surface area contributed by atoms with Crippen molar-refractivity contribution in [2.24, 2.45) is 0 Å². The van der Waals surface area contributed by atoms with Crippen LogP contribution in [0.1, 0.15) is 24.5 Å². The standard InChI is InChI=1S/C16H22N2O/c1-2-17-9-10-18(8-7-16(17)19)15-11-13-5-3-4-6-14(13)12-15/h3-6,15H,2,7-12H2,1H3. The minimum Gasteiger partial charge on any atom is -0.342 e. The van der Waals surface area contributed by atoms with Crippen LogP contribution in [-0.4, -0.2) is 47.9 Å². The Hall–Kier alpha value is -1.35. The van der Waals surface area contributed by atoms with E-state index in [-0.39, 0.29) is 0 Å². The number of nitrogens with zero attached hydrogens (tertiary/aromatic N) is 2. The monoisotopic (exact) mass is 258 g/mol. The maximum absolute atomic E-state index is 11.9. The Kier molecular flexibility index (Phi) is 3.56. The van der Waals surface area contributed by atoms with Crippen molar-refractivity contribution in [2.75, 3.05) is 26.2 Å². The van der Waals surface area contributed by atoms with Gasteiger partial charge >= 0.3 is 0 Å². The Balaban J connectivity index is 1.67. The molecule has 3 heteroatoms. The Morgan fingerprint density at radius 3 is 2.42 bits per heavy atom. The van der Waals surface area contributed by atoms with Crippen molar-refractivity contribution in [1.29, 1.82) is 0 Å². The molecule has 0 saturated carbocycles. The molecule has 1 aliphatic carbocycles. The van der Waals surface area contributed by atoms with Gasteiger partial charge in [0.2, 0.25) is 5.91 Å². The lowest BCUT2D eigenvalue weighted by molar-refractivity contribution is -0.130. The minimum absolute atomic E-state index is 0.320. The molecule has 0 bridgehead atoms. The molecular formula is C16H22N2O. The molecule has 2 aliphatic rings. The van der Waals surface area contributed by atoms with Crippen LogP contribution in [-0.2, 0) is 17.6 Å². The second kappa shape index (κ2) is 5.33. The highest BCUT2D eigenvalue weighted by atomic mass is 16.2. The first-order valence-electron chi connectivity index (χ1n) is 7.36. The fourth-order valence-corrected chi connectivity index (χ4v) is 3.38. The smallest absolute Gasteiger partial charge is 0.223 e. The lowest BCUT2D eigenvalue weighted by Crippen LogP contribution is -2.39. The molecule has 19 heavy (non-hydrogen) atoms. The van der Waals surface area contributed by atoms with Crippen LogP contribution in [0.5, 0.6) is 0 Å². The van der Waals surface area contributed by atoms with E-state index in [1.54, 1.807) is 0 Å². The van der Waals surface area contributed by atoms with E-state index in [2.05, 4.69) is 36.1 Å². The molecule has 0 unspecified atom stereocenters. The van der Waals surface area contributed by atoms with E-state index in [1.165, 1.54) is 11.1 Å². The van der Waals surface area contributed by atoms with Crippen molar-refractivity contribution < 1.29 is 4.79 Å². The molecule has 0 N–H and O–H groups in total. The molecule has 3 rings (SSSR count). The van der Waals surface area contributed by atoms with E-state index in [9.17, 15) is 4.79 Å². The highest BCUT2D eigenvalue weighted by Gasteiger charge is 2.29. The third kappa shape index (κ3) is 2.52. The highest BCUT2D eigenvalue weighted by molar-refractivity contribution is 5.76. The summed E-state index contributed by atoms with van der Waals surface area (Å²) in [6.45, 7) is 5.75. The molecule has 0 spiro atoms. The molecule has 1 aromatic rings. The normalized spacial score (nSPS) is 21.5. The van der Waals surface area contributed by atoms with Crippen LogP contribution >= 0.6 is 0 Å². The summed E-state index contributed by atoms with van der Waals surface area (Å²) >= 11 is 0. The molecule has 1 saturated heterocycles. The van der Waals surface area contributed by atoms with Gasteiger partial charge in [-0.25, -0.2) is 0 Å². The molecule has 0 atom stereocenters. The van der Waals surface area contributed by atoms with Gasteiger partial charge in [0.15, 0.2) is 0 Å². The van der Waals surface area contributed by atoms with Crippen molar-refractivity contribution in [3.63, 3.8) is 0 Å². The Morgan fingerprint density at radius 2 is 1.79 bits per heavy atom. The van der Waals surface area contributed by atoms with Gasteiger partial charge in [-0.05, 0) is 30.9 Å². The number of likely N-dealkylation sites (N-methyl/N-ethyl adjacent to an activating group) is 1. The minimum atomic E-state index is 0.320. The van der Waals surface area contributed by atoms with E-state index >= 15 is 0 Å². The number of carbonyl (C=O) groups excluding carboxylic acids is 1. The summed E-state index contributed by atoms with van der Waals surface area (Å²) in [4.78, 5) is 16.4. The first-order chi connectivity index (χ1) is 9.28. The summed E-state index contributed by atoms with van der Waals surface area (Å²) < 4.78 is 0. The second-order valence-corrected chi connectivity index (χ2v) is 5.59. The molecule has 1 fully saturated rings. The fourth-order valence-electron chi connectivity index (χ4n) is 3.38. The molecule has 1 aromatic carbocycles. The predicted molar refractivity (Wildman–Crippen MR) is 76.1 cm³/mol. The Labute approximate surface area is 115 Å². The van der Waals surface area contributed by atoms with Gasteiger partial charge in [0.05, 0.1) is 0 Å². The largest absolute Gasteiger partial charge is 0.342 e. The quantitative estimate of drug-likeness (QED) is 0.806. The summed E-state index contributed by atoms with van der Waals surface area (Å²) in [5.41, 5.74) is 2.99. The Bertz CT molecular complexity index is 447. The zero-order chi connectivity index (χ0) is 13.2. The van der Waals surface area contributed by atoms with E-state index in [0.29, 0.717) is 18.4 Å². The van der Waals surface area contributed by atoms with E-state index in [4.69, 9.17) is 0 Å². The van der Waals surface area contributed by atoms with Gasteiger partial charge in [0.25, 0.3) is 0 Å². The highest BCUT2D eigenvalue weighted by Crippen LogP contribution is 2.26. The lowest BCUT2D eigenvalue weighted by Gasteiger charge is -2.27. The average Bonchev–Trinajstić information content (AvgIpc) is 2.77. The van der Waals surface area contributed by atoms with Crippen LogP contribution in [0.15, 0.2) is 24.3 Å². The molecule has 1 amide bonds. The maximum atomic E-state index is 11.9. The lowest BCUT2D eigenvalue weighted by atomic mass is 10.1. The number of rotatable bonds is 2. The van der Waals surface area contributed by atoms with Gasteiger partial charge in [-0.1, -0.05) is 24.3 Å². The summed E-state index contributed by atoms with van der Waals surface area (Å²) in [6, 6.07) is 9.35. The number of benzene rings is 1. The van der Waals surface area contributed by atoms with Crippen LogP contribution < -0.4 is 0 Å². The van der Waals surface area contributed by atoms with Crippen LogP contribution in [0, 0.1) is 0 Å². The summed E-state index contributed by atoms with van der Waals surface area (Å²) in [5.74, 6) is 0.320. The van der Waals surface area contributed by atoms with E-state index < -0.39 is 0 Å². The number of amides is 1. The summed E-state index contributed by atoms with van der Waals surface area (Å²) in [5, 5.41) is 0. The van der Waals surface area contributed by atoms with Crippen molar-refractivity contribution in [2.45, 2.75) is 32.2 Å². The van der Waals surface area contributed by atoms with Gasteiger partial charge in [0, 0.05) is 38.6 Å². The predicted octanol–water partition coefficient (Wildman–Crippen LogP) is 1.71. The van der Waals surface area contributed by atoms with Crippen molar-refractivity contribution in [3.8, 4) is 0 Å². The molecule has 102 valence electrons. The third-order valence-corrected chi connectivity index (χ3v) is 4.55. The van der Waals surface area contributed by atoms with Crippen LogP contribution in [0.3, 0.4) is 0 Å². The number of fused-ring (bicyclic) bond motifs is 1. The zero-order valence-electron chi connectivity index (χ0n) is 11.6. The average molecular weight is 258 g/mol. The number of carbonyl (C=O) groups is 1. The van der Waals surface area contributed by atoms with Gasteiger partial charge in [-0.15, -0.1) is 0 Å². The van der Waals surface area contributed by atoms with Gasteiger partial charge in [-0.2, -0.15) is 0 Å². The van der Waals surface area contributed by atoms with Crippen molar-refractivity contribution in [1.82, 2.24) is 9.80 Å². The molecule has 3 nitrogen and oxygen atoms in total. The van der Waals surface area contributed by atoms with E-state index in [0.717, 1.165) is 39.0 Å². The summed E-state index contributed by atoms with van der Waals surface area (Å²) in [7, 11) is 0. The molecule has 1 heterocycles. The van der Waals surface area contributed by atoms with Gasteiger partial charge in [0.1, 0.15) is 0 Å². The molecule has 0 radical (unpaired) electrons. The second-order valence-electron chi connectivity index (χ2n) is 5.59. The Morgan fingerprint density at radius 1 is 1.11 bits per heavy atom. The summed E-state index contributed by atoms with van der Waals surface area (Å²) in [6.07, 6.45) is 2.98. The molecule has 1 aliphatic heterocycles. The first-order valence-corrected chi connectivity index (χ1v) is 7.36. The topological polar surface area (TPSA) is 23.6 Å². The molecule has 0 aromatic heterocycles. The van der Waals surface area contributed by atoms with Crippen molar-refractivity contribution >= 4 is 5.91 Å². The third-order valence-electron chi connectivity index (χ3n) is 4.55. The molecular weight excluding hydrogens is 236 g/mol.